The van der Waals surface area contributed by atoms with Crippen molar-refractivity contribution in [2.24, 2.45) is 0 Å². The van der Waals surface area contributed by atoms with E-state index in [2.05, 4.69) is 10.6 Å². The van der Waals surface area contributed by atoms with E-state index < -0.39 is 0 Å². The molecule has 0 aliphatic heterocycles. The highest BCUT2D eigenvalue weighted by Crippen LogP contribution is 2.18. The van der Waals surface area contributed by atoms with Crippen molar-refractivity contribution >= 4 is 17.3 Å². The summed E-state index contributed by atoms with van der Waals surface area (Å²) in [7, 11) is 0. The van der Waals surface area contributed by atoms with E-state index in [-0.39, 0.29) is 18.5 Å². The Hall–Kier alpha value is -2.22. The molecule has 0 saturated carbocycles. The summed E-state index contributed by atoms with van der Waals surface area (Å²) in [5, 5.41) is 14.4. The third-order valence-corrected chi connectivity index (χ3v) is 2.07. The fourth-order valence-electron chi connectivity index (χ4n) is 1.34. The first kappa shape index (κ1) is 12.8. The van der Waals surface area contributed by atoms with E-state index in [1.807, 2.05) is 19.9 Å². The topological polar surface area (TPSA) is 90.9 Å². The summed E-state index contributed by atoms with van der Waals surface area (Å²) in [4.78, 5) is 11.4. The number of benzene rings is 1. The molecule has 1 aromatic carbocycles. The number of nitrogens with one attached hydrogen (secondary N) is 2. The molecule has 90 valence electrons. The summed E-state index contributed by atoms with van der Waals surface area (Å²) in [6, 6.07) is 7.03. The number of nitriles is 1. The van der Waals surface area contributed by atoms with Crippen LogP contribution in [0.2, 0.25) is 0 Å². The minimum absolute atomic E-state index is 0.0937. The van der Waals surface area contributed by atoms with Gasteiger partial charge in [0.1, 0.15) is 0 Å². The monoisotopic (exact) mass is 232 g/mol. The standard InChI is InChI=1S/C12H16N4O/c1-8(2)16-12(17)7-15-11-4-3-9(6-13)5-10(11)14/h3-5,8,15H,7,14H2,1-2H3,(H,16,17). The number of nitrogens with two attached hydrogens (primary N) is 1. The van der Waals surface area contributed by atoms with Crippen molar-refractivity contribution in [3.05, 3.63) is 23.8 Å². The van der Waals surface area contributed by atoms with Gasteiger partial charge in [0.2, 0.25) is 5.91 Å². The van der Waals surface area contributed by atoms with Crippen molar-refractivity contribution in [1.29, 1.82) is 5.26 Å². The molecule has 17 heavy (non-hydrogen) atoms. The minimum atomic E-state index is -0.0937. The Kier molecular flexibility index (Phi) is 4.35. The third kappa shape index (κ3) is 4.03. The van der Waals surface area contributed by atoms with Gasteiger partial charge in [-0.3, -0.25) is 4.79 Å². The Balaban J connectivity index is 2.58. The first-order valence-corrected chi connectivity index (χ1v) is 5.35. The summed E-state index contributed by atoms with van der Waals surface area (Å²) in [6.45, 7) is 3.95. The Bertz CT molecular complexity index is 448. The lowest BCUT2D eigenvalue weighted by molar-refractivity contribution is -0.119. The predicted molar refractivity (Wildman–Crippen MR) is 67.3 cm³/mol. The molecule has 0 atom stereocenters. The van der Waals surface area contributed by atoms with Crippen LogP contribution in [-0.4, -0.2) is 18.5 Å². The summed E-state index contributed by atoms with van der Waals surface area (Å²) in [6.07, 6.45) is 0. The van der Waals surface area contributed by atoms with Gasteiger partial charge in [-0.1, -0.05) is 0 Å². The number of rotatable bonds is 4. The summed E-state index contributed by atoms with van der Waals surface area (Å²) >= 11 is 0. The summed E-state index contributed by atoms with van der Waals surface area (Å²) < 4.78 is 0. The molecule has 1 rings (SSSR count). The molecule has 0 bridgehead atoms. The number of nitrogens with zero attached hydrogens (tertiary/aromatic N) is 1. The highest BCUT2D eigenvalue weighted by atomic mass is 16.1. The fraction of sp³-hybridized carbons (Fsp3) is 0.333. The van der Waals surface area contributed by atoms with Crippen LogP contribution in [0.1, 0.15) is 19.4 Å². The molecule has 1 amide bonds. The highest BCUT2D eigenvalue weighted by Gasteiger charge is 2.05. The van der Waals surface area contributed by atoms with E-state index in [4.69, 9.17) is 11.0 Å². The molecule has 0 aliphatic carbocycles. The zero-order valence-corrected chi connectivity index (χ0v) is 9.95. The van der Waals surface area contributed by atoms with Gasteiger partial charge in [-0.2, -0.15) is 5.26 Å². The molecule has 0 fully saturated rings. The largest absolute Gasteiger partial charge is 0.397 e. The number of amides is 1. The van der Waals surface area contributed by atoms with Crippen molar-refractivity contribution < 1.29 is 4.79 Å². The molecule has 0 spiro atoms. The Morgan fingerprint density at radius 2 is 2.24 bits per heavy atom. The molecule has 0 heterocycles. The van der Waals surface area contributed by atoms with Crippen LogP contribution in [-0.2, 0) is 4.79 Å². The number of hydrogen-bond donors (Lipinski definition) is 3. The van der Waals surface area contributed by atoms with Gasteiger partial charge in [0.05, 0.1) is 29.6 Å². The van der Waals surface area contributed by atoms with Gasteiger partial charge in [0.15, 0.2) is 0 Å². The van der Waals surface area contributed by atoms with E-state index in [0.29, 0.717) is 16.9 Å². The van der Waals surface area contributed by atoms with Crippen LogP contribution in [0.5, 0.6) is 0 Å². The van der Waals surface area contributed by atoms with Crippen molar-refractivity contribution in [3.63, 3.8) is 0 Å². The molecule has 1 aromatic rings. The molecule has 4 N–H and O–H groups in total. The maximum absolute atomic E-state index is 11.4. The van der Waals surface area contributed by atoms with Gasteiger partial charge in [-0.25, -0.2) is 0 Å². The quantitative estimate of drug-likeness (QED) is 0.677. The zero-order valence-electron chi connectivity index (χ0n) is 9.95. The highest BCUT2D eigenvalue weighted by molar-refractivity contribution is 5.82. The van der Waals surface area contributed by atoms with Crippen molar-refractivity contribution in [3.8, 4) is 6.07 Å². The maximum atomic E-state index is 11.4. The van der Waals surface area contributed by atoms with Gasteiger partial charge in [-0.15, -0.1) is 0 Å². The van der Waals surface area contributed by atoms with E-state index >= 15 is 0 Å². The lowest BCUT2D eigenvalue weighted by Gasteiger charge is -2.11. The molecular formula is C12H16N4O. The number of anilines is 2. The number of nitrogen functional groups attached to an aromatic ring is 1. The number of carbonyl (C=O) groups excluding carboxylic acids is 1. The van der Waals surface area contributed by atoms with Gasteiger partial charge in [0.25, 0.3) is 0 Å². The zero-order chi connectivity index (χ0) is 12.8. The van der Waals surface area contributed by atoms with Crippen LogP contribution in [0.15, 0.2) is 18.2 Å². The molecule has 0 unspecified atom stereocenters. The van der Waals surface area contributed by atoms with Crippen LogP contribution in [0.4, 0.5) is 11.4 Å². The van der Waals surface area contributed by atoms with Gasteiger partial charge < -0.3 is 16.4 Å². The van der Waals surface area contributed by atoms with Crippen LogP contribution in [0.3, 0.4) is 0 Å². The molecule has 5 heteroatoms. The van der Waals surface area contributed by atoms with Crippen molar-refractivity contribution in [1.82, 2.24) is 5.32 Å². The second kappa shape index (κ2) is 5.75. The maximum Gasteiger partial charge on any atom is 0.239 e. The van der Waals surface area contributed by atoms with E-state index in [1.54, 1.807) is 18.2 Å². The fourth-order valence-corrected chi connectivity index (χ4v) is 1.34. The summed E-state index contributed by atoms with van der Waals surface area (Å²) in [5.41, 5.74) is 7.35. The van der Waals surface area contributed by atoms with Crippen LogP contribution < -0.4 is 16.4 Å². The number of carbonyl (C=O) groups is 1. The normalized spacial score (nSPS) is 9.76. The third-order valence-electron chi connectivity index (χ3n) is 2.07. The Morgan fingerprint density at radius 3 is 2.76 bits per heavy atom. The molecule has 0 aliphatic rings. The lowest BCUT2D eigenvalue weighted by Crippen LogP contribution is -2.34. The predicted octanol–water partition coefficient (Wildman–Crippen LogP) is 1.08. The second-order valence-corrected chi connectivity index (χ2v) is 3.99. The van der Waals surface area contributed by atoms with Gasteiger partial charge >= 0.3 is 0 Å². The van der Waals surface area contributed by atoms with Crippen LogP contribution in [0, 0.1) is 11.3 Å². The van der Waals surface area contributed by atoms with Crippen LogP contribution >= 0.6 is 0 Å². The van der Waals surface area contributed by atoms with Crippen LogP contribution in [0.25, 0.3) is 0 Å². The van der Waals surface area contributed by atoms with E-state index in [1.165, 1.54) is 0 Å². The molecule has 5 nitrogen and oxygen atoms in total. The Morgan fingerprint density at radius 1 is 1.53 bits per heavy atom. The van der Waals surface area contributed by atoms with Gasteiger partial charge in [-0.05, 0) is 32.0 Å². The average molecular weight is 232 g/mol. The van der Waals surface area contributed by atoms with E-state index in [9.17, 15) is 4.79 Å². The first-order valence-electron chi connectivity index (χ1n) is 5.35. The van der Waals surface area contributed by atoms with Gasteiger partial charge in [0, 0.05) is 6.04 Å². The second-order valence-electron chi connectivity index (χ2n) is 3.99. The molecule has 0 saturated heterocycles. The minimum Gasteiger partial charge on any atom is -0.397 e. The van der Waals surface area contributed by atoms with Crippen molar-refractivity contribution in [2.75, 3.05) is 17.6 Å². The number of hydrogen-bond acceptors (Lipinski definition) is 4. The van der Waals surface area contributed by atoms with Crippen molar-refractivity contribution in [2.45, 2.75) is 19.9 Å². The molecule has 0 aromatic heterocycles. The first-order chi connectivity index (χ1) is 8.02. The van der Waals surface area contributed by atoms with E-state index in [0.717, 1.165) is 0 Å². The molecular weight excluding hydrogens is 216 g/mol. The smallest absolute Gasteiger partial charge is 0.239 e. The average Bonchev–Trinajstić information content (AvgIpc) is 2.26. The summed E-state index contributed by atoms with van der Waals surface area (Å²) in [5.74, 6) is -0.0937. The molecule has 0 radical (unpaired) electrons. The lowest BCUT2D eigenvalue weighted by atomic mass is 10.2. The Labute approximate surface area is 101 Å². The SMILES string of the molecule is CC(C)NC(=O)CNc1ccc(C#N)cc1N.